The predicted octanol–water partition coefficient (Wildman–Crippen LogP) is 3.23. The first-order valence-electron chi connectivity index (χ1n) is 7.93. The number of aromatic nitrogens is 2. The van der Waals surface area contributed by atoms with Crippen LogP contribution in [-0.2, 0) is 0 Å². The number of β-amino-alcohol motifs (C(OH)–C–C–N with tert-alkyl or cyclic N) is 1. The van der Waals surface area contributed by atoms with Crippen molar-refractivity contribution in [3.05, 3.63) is 28.2 Å². The highest BCUT2D eigenvalue weighted by molar-refractivity contribution is 9.10. The number of likely N-dealkylation sites (tertiary alicyclic amines) is 1. The monoisotopic (exact) mass is 396 g/mol. The maximum Gasteiger partial charge on any atom is 0.223 e. The van der Waals surface area contributed by atoms with E-state index in [0.29, 0.717) is 19.0 Å². The van der Waals surface area contributed by atoms with Crippen LogP contribution < -0.4 is 5.32 Å². The van der Waals surface area contributed by atoms with Gasteiger partial charge in [0.15, 0.2) is 0 Å². The maximum atomic E-state index is 10.2. The van der Waals surface area contributed by atoms with Crippen molar-refractivity contribution in [1.29, 1.82) is 0 Å². The Balaban J connectivity index is 1.55. The van der Waals surface area contributed by atoms with Gasteiger partial charge in [0.1, 0.15) is 0 Å². The normalized spacial score (nSPS) is 17.1. The van der Waals surface area contributed by atoms with Crippen LogP contribution in [0.2, 0.25) is 0 Å². The molecule has 5 nitrogen and oxygen atoms in total. The number of rotatable bonds is 6. The summed E-state index contributed by atoms with van der Waals surface area (Å²) in [6, 6.07) is 3.91. The second-order valence-corrected chi connectivity index (χ2v) is 7.53. The van der Waals surface area contributed by atoms with Crippen LogP contribution in [0.15, 0.2) is 28.2 Å². The van der Waals surface area contributed by atoms with E-state index in [4.69, 9.17) is 0 Å². The van der Waals surface area contributed by atoms with Crippen LogP contribution in [0.4, 0.5) is 5.95 Å². The Kier molecular flexibility index (Phi) is 5.99. The first-order chi connectivity index (χ1) is 11.2. The van der Waals surface area contributed by atoms with Crippen LogP contribution in [0.1, 0.15) is 19.3 Å². The van der Waals surface area contributed by atoms with Gasteiger partial charge in [0.2, 0.25) is 5.95 Å². The molecule has 1 aliphatic heterocycles. The van der Waals surface area contributed by atoms with Crippen molar-refractivity contribution in [3.63, 3.8) is 0 Å². The van der Waals surface area contributed by atoms with E-state index < -0.39 is 6.10 Å². The Morgan fingerprint density at radius 3 is 2.87 bits per heavy atom. The Labute approximate surface area is 148 Å². The molecule has 0 radical (unpaired) electrons. The molecule has 1 atom stereocenters. The molecule has 0 bridgehead atoms. The number of hydrogen-bond acceptors (Lipinski definition) is 6. The number of anilines is 1. The smallest absolute Gasteiger partial charge is 0.223 e. The van der Waals surface area contributed by atoms with E-state index in [1.54, 1.807) is 17.5 Å². The molecule has 1 aliphatic rings. The minimum Gasteiger partial charge on any atom is -0.390 e. The zero-order valence-electron chi connectivity index (χ0n) is 12.9. The van der Waals surface area contributed by atoms with E-state index in [9.17, 15) is 5.11 Å². The van der Waals surface area contributed by atoms with Gasteiger partial charge in [-0.3, -0.25) is 0 Å². The van der Waals surface area contributed by atoms with Gasteiger partial charge in [-0.1, -0.05) is 6.42 Å². The minimum atomic E-state index is -0.408. The van der Waals surface area contributed by atoms with Crippen LogP contribution in [0.25, 0.3) is 10.6 Å². The molecule has 2 aromatic rings. The Morgan fingerprint density at radius 1 is 1.30 bits per heavy atom. The lowest BCUT2D eigenvalue weighted by molar-refractivity contribution is 0.109. The van der Waals surface area contributed by atoms with Crippen molar-refractivity contribution in [3.8, 4) is 10.6 Å². The number of thiophene rings is 1. The van der Waals surface area contributed by atoms with Crippen molar-refractivity contribution in [2.24, 2.45) is 0 Å². The molecule has 3 heterocycles. The summed E-state index contributed by atoms with van der Waals surface area (Å²) < 4.78 is 1.04. The molecule has 3 rings (SSSR count). The lowest BCUT2D eigenvalue weighted by Gasteiger charge is -2.28. The van der Waals surface area contributed by atoms with Crippen LogP contribution >= 0.6 is 27.3 Å². The standard InChI is InChI=1S/C16H21BrN4OS/c17-13-5-9-23-15(13)14-4-6-18-16(20-14)19-10-12(22)11-21-7-2-1-3-8-21/h4-6,9,12,22H,1-3,7-8,10-11H2,(H,18,19,20)/t12-/m0/s1. The Morgan fingerprint density at radius 2 is 2.13 bits per heavy atom. The molecule has 1 saturated heterocycles. The van der Waals surface area contributed by atoms with Gasteiger partial charge in [-0.05, 0) is 59.4 Å². The summed E-state index contributed by atoms with van der Waals surface area (Å²) in [6.07, 6.45) is 5.12. The van der Waals surface area contributed by atoms with Gasteiger partial charge in [-0.15, -0.1) is 11.3 Å². The second-order valence-electron chi connectivity index (χ2n) is 5.76. The van der Waals surface area contributed by atoms with Crippen LogP contribution in [0, 0.1) is 0 Å². The Hall–Kier alpha value is -1.02. The SMILES string of the molecule is O[C@@H](CNc1nccc(-c2sccc2Br)n1)CN1CCCCC1. The van der Waals surface area contributed by atoms with E-state index in [2.05, 4.69) is 36.1 Å². The summed E-state index contributed by atoms with van der Waals surface area (Å²) in [7, 11) is 0. The fourth-order valence-electron chi connectivity index (χ4n) is 2.76. The molecule has 0 unspecified atom stereocenters. The summed E-state index contributed by atoms with van der Waals surface area (Å²) in [5.41, 5.74) is 0.884. The van der Waals surface area contributed by atoms with E-state index in [0.717, 1.165) is 28.1 Å². The lowest BCUT2D eigenvalue weighted by Crippen LogP contribution is -2.39. The number of halogens is 1. The summed E-state index contributed by atoms with van der Waals surface area (Å²) in [5, 5.41) is 15.4. The zero-order chi connectivity index (χ0) is 16.1. The summed E-state index contributed by atoms with van der Waals surface area (Å²) in [4.78, 5) is 12.2. The van der Waals surface area contributed by atoms with E-state index in [1.807, 2.05) is 17.5 Å². The summed E-state index contributed by atoms with van der Waals surface area (Å²) in [5.74, 6) is 0.556. The number of aliphatic hydroxyl groups is 1. The minimum absolute atomic E-state index is 0.408. The summed E-state index contributed by atoms with van der Waals surface area (Å²) >= 11 is 5.17. The quantitative estimate of drug-likeness (QED) is 0.784. The lowest BCUT2D eigenvalue weighted by atomic mass is 10.1. The van der Waals surface area contributed by atoms with Gasteiger partial charge in [-0.25, -0.2) is 9.97 Å². The van der Waals surface area contributed by atoms with E-state index in [-0.39, 0.29) is 0 Å². The zero-order valence-corrected chi connectivity index (χ0v) is 15.3. The molecule has 23 heavy (non-hydrogen) atoms. The van der Waals surface area contributed by atoms with Gasteiger partial charge in [-0.2, -0.15) is 0 Å². The van der Waals surface area contributed by atoms with E-state index >= 15 is 0 Å². The highest BCUT2D eigenvalue weighted by atomic mass is 79.9. The third-order valence-corrected chi connectivity index (χ3v) is 5.78. The first kappa shape index (κ1) is 16.8. The molecular weight excluding hydrogens is 376 g/mol. The number of piperidine rings is 1. The highest BCUT2D eigenvalue weighted by Gasteiger charge is 2.15. The Bertz CT molecular complexity index is 630. The van der Waals surface area contributed by atoms with E-state index in [1.165, 1.54) is 19.3 Å². The highest BCUT2D eigenvalue weighted by Crippen LogP contribution is 2.32. The van der Waals surface area contributed by atoms with Crippen LogP contribution in [-0.4, -0.2) is 52.3 Å². The maximum absolute atomic E-state index is 10.2. The number of nitrogens with one attached hydrogen (secondary N) is 1. The van der Waals surface area contributed by atoms with Gasteiger partial charge < -0.3 is 15.3 Å². The van der Waals surface area contributed by atoms with Gasteiger partial charge >= 0.3 is 0 Å². The first-order valence-corrected chi connectivity index (χ1v) is 9.60. The fraction of sp³-hybridized carbons (Fsp3) is 0.500. The molecule has 2 aromatic heterocycles. The van der Waals surface area contributed by atoms with Gasteiger partial charge in [0.05, 0.1) is 16.7 Å². The molecule has 0 saturated carbocycles. The molecule has 0 spiro atoms. The van der Waals surface area contributed by atoms with Crippen molar-refractivity contribution in [1.82, 2.24) is 14.9 Å². The van der Waals surface area contributed by atoms with Gasteiger partial charge in [0.25, 0.3) is 0 Å². The molecular formula is C16H21BrN4OS. The number of nitrogens with zero attached hydrogens (tertiary/aromatic N) is 3. The molecule has 1 fully saturated rings. The molecule has 0 amide bonds. The number of aliphatic hydroxyl groups excluding tert-OH is 1. The predicted molar refractivity (Wildman–Crippen MR) is 97.8 cm³/mol. The molecule has 2 N–H and O–H groups in total. The third kappa shape index (κ3) is 4.73. The molecule has 124 valence electrons. The molecule has 0 aliphatic carbocycles. The van der Waals surface area contributed by atoms with Crippen molar-refractivity contribution >= 4 is 33.2 Å². The van der Waals surface area contributed by atoms with Crippen molar-refractivity contribution in [2.75, 3.05) is 31.5 Å². The number of hydrogen-bond donors (Lipinski definition) is 2. The third-order valence-electron chi connectivity index (χ3n) is 3.92. The van der Waals surface area contributed by atoms with Crippen molar-refractivity contribution in [2.45, 2.75) is 25.4 Å². The topological polar surface area (TPSA) is 61.3 Å². The summed E-state index contributed by atoms with van der Waals surface area (Å²) in [6.45, 7) is 3.36. The van der Waals surface area contributed by atoms with Gasteiger partial charge in [0, 0.05) is 23.8 Å². The second kappa shape index (κ2) is 8.19. The van der Waals surface area contributed by atoms with Crippen LogP contribution in [0.5, 0.6) is 0 Å². The molecule has 7 heteroatoms. The van der Waals surface area contributed by atoms with Crippen LogP contribution in [0.3, 0.4) is 0 Å². The largest absolute Gasteiger partial charge is 0.390 e. The average molecular weight is 397 g/mol. The average Bonchev–Trinajstić information content (AvgIpc) is 3.00. The van der Waals surface area contributed by atoms with Crippen molar-refractivity contribution < 1.29 is 5.11 Å². The molecule has 0 aromatic carbocycles. The fourth-order valence-corrected chi connectivity index (χ4v) is 4.31.